The molecule has 3 amide bonds. The number of piperidine rings is 2. The van der Waals surface area contributed by atoms with Crippen molar-refractivity contribution < 1.29 is 22.8 Å². The van der Waals surface area contributed by atoms with Crippen molar-refractivity contribution in [2.75, 3.05) is 70.3 Å². The van der Waals surface area contributed by atoms with Crippen molar-refractivity contribution in [3.8, 4) is 0 Å². The highest BCUT2D eigenvalue weighted by molar-refractivity contribution is 7.89. The lowest BCUT2D eigenvalue weighted by Crippen LogP contribution is -2.49. The molecule has 0 radical (unpaired) electrons. The van der Waals surface area contributed by atoms with Gasteiger partial charge in [0.15, 0.2) is 0 Å². The highest BCUT2D eigenvalue weighted by Gasteiger charge is 2.31. The number of benzene rings is 2. The summed E-state index contributed by atoms with van der Waals surface area (Å²) in [5.41, 5.74) is 2.96. The molecule has 10 nitrogen and oxygen atoms in total. The van der Waals surface area contributed by atoms with Crippen LogP contribution in [0.3, 0.4) is 0 Å². The zero-order valence-electron chi connectivity index (χ0n) is 28.6. The molecule has 0 atom stereocenters. The Kier molecular flexibility index (Phi) is 12.2. The van der Waals surface area contributed by atoms with Crippen molar-refractivity contribution in [1.29, 1.82) is 0 Å². The number of piperazine rings is 1. The lowest BCUT2D eigenvalue weighted by molar-refractivity contribution is -0.133. The number of halogens is 1. The van der Waals surface area contributed by atoms with Crippen molar-refractivity contribution in [2.24, 2.45) is 11.8 Å². The van der Waals surface area contributed by atoms with Crippen LogP contribution in [-0.2, 0) is 30.8 Å². The molecule has 0 bridgehead atoms. The van der Waals surface area contributed by atoms with E-state index in [-0.39, 0.29) is 23.6 Å². The topological polar surface area (TPSA) is 102 Å². The largest absolute Gasteiger partial charge is 0.343 e. The van der Waals surface area contributed by atoms with Gasteiger partial charge in [-0.05, 0) is 106 Å². The van der Waals surface area contributed by atoms with Gasteiger partial charge in [-0.25, -0.2) is 8.42 Å². The maximum Gasteiger partial charge on any atom is 0.243 e. The van der Waals surface area contributed by atoms with Gasteiger partial charge in [-0.3, -0.25) is 14.4 Å². The lowest BCUT2D eigenvalue weighted by Gasteiger charge is -2.35. The van der Waals surface area contributed by atoms with Crippen LogP contribution < -0.4 is 4.90 Å². The Bertz CT molecular complexity index is 1540. The molecule has 3 heterocycles. The van der Waals surface area contributed by atoms with Crippen LogP contribution in [0.5, 0.6) is 0 Å². The van der Waals surface area contributed by atoms with Crippen LogP contribution in [0.1, 0.15) is 57.1 Å². The molecule has 262 valence electrons. The number of likely N-dealkylation sites (tertiary alicyclic amines) is 2. The molecular formula is C36H50ClN5O5S. The second-order valence-electron chi connectivity index (χ2n) is 13.6. The van der Waals surface area contributed by atoms with E-state index in [9.17, 15) is 22.8 Å². The van der Waals surface area contributed by atoms with Gasteiger partial charge < -0.3 is 19.6 Å². The second kappa shape index (κ2) is 16.1. The first kappa shape index (κ1) is 36.3. The molecule has 3 fully saturated rings. The number of aryl methyl sites for hydroxylation is 1. The molecule has 0 aliphatic carbocycles. The summed E-state index contributed by atoms with van der Waals surface area (Å²) in [6.45, 7) is 11.3. The van der Waals surface area contributed by atoms with Crippen LogP contribution in [0.15, 0.2) is 47.4 Å². The van der Waals surface area contributed by atoms with Crippen molar-refractivity contribution in [3.05, 3.63) is 58.6 Å². The number of hydrogen-bond donors (Lipinski definition) is 0. The lowest BCUT2D eigenvalue weighted by atomic mass is 9.90. The zero-order chi connectivity index (χ0) is 34.4. The van der Waals surface area contributed by atoms with Crippen molar-refractivity contribution in [2.45, 2.75) is 64.2 Å². The summed E-state index contributed by atoms with van der Waals surface area (Å²) >= 11 is 6.47. The Morgan fingerprint density at radius 3 is 2.00 bits per heavy atom. The van der Waals surface area contributed by atoms with E-state index >= 15 is 0 Å². The van der Waals surface area contributed by atoms with Crippen LogP contribution >= 0.6 is 11.6 Å². The highest BCUT2D eigenvalue weighted by atomic mass is 35.5. The molecule has 5 rings (SSSR count). The summed E-state index contributed by atoms with van der Waals surface area (Å²) in [5, 5.41) is 0.652. The van der Waals surface area contributed by atoms with Crippen LogP contribution in [0.25, 0.3) is 0 Å². The molecule has 0 aromatic heterocycles. The first-order valence-electron chi connectivity index (χ1n) is 17.3. The minimum absolute atomic E-state index is 0.0240. The second-order valence-corrected chi connectivity index (χ2v) is 15.9. The number of carbonyl (C=O) groups excluding carboxylic acids is 3. The maximum absolute atomic E-state index is 13.8. The molecule has 48 heavy (non-hydrogen) atoms. The fourth-order valence-corrected chi connectivity index (χ4v) is 8.76. The Labute approximate surface area is 291 Å². The summed E-state index contributed by atoms with van der Waals surface area (Å²) in [6.07, 6.45) is 5.29. The Morgan fingerprint density at radius 2 is 1.42 bits per heavy atom. The Balaban J connectivity index is 1.09. The minimum atomic E-state index is -3.58. The van der Waals surface area contributed by atoms with Gasteiger partial charge in [-0.2, -0.15) is 4.31 Å². The first-order valence-corrected chi connectivity index (χ1v) is 19.1. The number of rotatable bonds is 10. The normalized spacial score (nSPS) is 19.0. The monoisotopic (exact) mass is 699 g/mol. The van der Waals surface area contributed by atoms with Gasteiger partial charge in [-0.15, -0.1) is 0 Å². The summed E-state index contributed by atoms with van der Waals surface area (Å²) in [5.74, 6) is 0.592. The fourth-order valence-electron chi connectivity index (χ4n) is 7.17. The standard InChI is InChI=1S/C36H50ClN5O5S/c1-27-5-8-33(26-35(27)37)42(36(45)32-13-19-39(20-14-32)28(2)43)16-4-15-38-17-11-31(12-18-38)25-30-6-9-34(10-7-30)48(46,47)41-23-21-40(22-24-41)29(3)44/h5-10,26,31-32H,4,11-25H2,1-3H3. The van der Waals surface area contributed by atoms with Gasteiger partial charge in [0, 0.05) is 76.3 Å². The van der Waals surface area contributed by atoms with Crippen LogP contribution in [0.4, 0.5) is 5.69 Å². The number of nitrogens with zero attached hydrogens (tertiary/aromatic N) is 5. The van der Waals surface area contributed by atoms with Gasteiger partial charge in [0.2, 0.25) is 27.7 Å². The van der Waals surface area contributed by atoms with E-state index in [4.69, 9.17) is 11.6 Å². The van der Waals surface area contributed by atoms with E-state index in [2.05, 4.69) is 4.90 Å². The molecule has 3 saturated heterocycles. The molecule has 0 saturated carbocycles. The van der Waals surface area contributed by atoms with Crippen LogP contribution in [0.2, 0.25) is 5.02 Å². The molecule has 2 aromatic carbocycles. The fraction of sp³-hybridized carbons (Fsp3) is 0.583. The average molecular weight is 700 g/mol. The Morgan fingerprint density at radius 1 is 0.812 bits per heavy atom. The zero-order valence-corrected chi connectivity index (χ0v) is 30.1. The quantitative estimate of drug-likeness (QED) is 0.364. The first-order chi connectivity index (χ1) is 22.9. The number of anilines is 1. The molecule has 0 spiro atoms. The molecule has 0 unspecified atom stereocenters. The van der Waals surface area contributed by atoms with Crippen molar-refractivity contribution >= 4 is 45.0 Å². The van der Waals surface area contributed by atoms with E-state index in [1.807, 2.05) is 47.1 Å². The predicted molar refractivity (Wildman–Crippen MR) is 188 cm³/mol. The van der Waals surface area contributed by atoms with E-state index in [1.165, 1.54) is 11.2 Å². The average Bonchev–Trinajstić information content (AvgIpc) is 3.09. The molecule has 3 aliphatic heterocycles. The predicted octanol–water partition coefficient (Wildman–Crippen LogP) is 4.44. The summed E-state index contributed by atoms with van der Waals surface area (Å²) in [4.78, 5) is 45.4. The van der Waals surface area contributed by atoms with E-state index in [1.54, 1.807) is 24.0 Å². The number of amides is 3. The summed E-state index contributed by atoms with van der Waals surface area (Å²) < 4.78 is 27.8. The number of sulfonamides is 1. The third kappa shape index (κ3) is 8.97. The van der Waals surface area contributed by atoms with Gasteiger partial charge in [-0.1, -0.05) is 29.8 Å². The number of hydrogen-bond acceptors (Lipinski definition) is 6. The third-order valence-corrected chi connectivity index (χ3v) is 12.7. The van der Waals surface area contributed by atoms with E-state index in [0.717, 1.165) is 62.1 Å². The molecule has 2 aromatic rings. The van der Waals surface area contributed by atoms with Crippen LogP contribution in [-0.4, -0.2) is 111 Å². The van der Waals surface area contributed by atoms with E-state index < -0.39 is 10.0 Å². The van der Waals surface area contributed by atoms with Gasteiger partial charge >= 0.3 is 0 Å². The van der Waals surface area contributed by atoms with Gasteiger partial charge in [0.1, 0.15) is 0 Å². The SMILES string of the molecule is CC(=O)N1CCC(C(=O)N(CCCN2CCC(Cc3ccc(S(=O)(=O)N4CCN(C(C)=O)CC4)cc3)CC2)c2ccc(C)c(Cl)c2)CC1. The minimum Gasteiger partial charge on any atom is -0.343 e. The van der Waals surface area contributed by atoms with Crippen molar-refractivity contribution in [3.63, 3.8) is 0 Å². The van der Waals surface area contributed by atoms with E-state index in [0.29, 0.717) is 74.5 Å². The highest BCUT2D eigenvalue weighted by Crippen LogP contribution is 2.29. The maximum atomic E-state index is 13.8. The molecule has 12 heteroatoms. The smallest absolute Gasteiger partial charge is 0.243 e. The van der Waals surface area contributed by atoms with Crippen molar-refractivity contribution in [1.82, 2.24) is 19.0 Å². The van der Waals surface area contributed by atoms with Gasteiger partial charge in [0.25, 0.3) is 0 Å². The molecular weight excluding hydrogens is 650 g/mol. The summed E-state index contributed by atoms with van der Waals surface area (Å²) in [7, 11) is -3.58. The molecule has 0 N–H and O–H groups in total. The molecule has 3 aliphatic rings. The van der Waals surface area contributed by atoms with Crippen LogP contribution in [0, 0.1) is 18.8 Å². The Hall–Kier alpha value is -2.99. The third-order valence-electron chi connectivity index (χ3n) is 10.4. The van der Waals surface area contributed by atoms with Gasteiger partial charge in [0.05, 0.1) is 4.90 Å². The number of carbonyl (C=O) groups is 3. The summed E-state index contributed by atoms with van der Waals surface area (Å²) in [6, 6.07) is 13.2.